The van der Waals surface area contributed by atoms with E-state index in [0.29, 0.717) is 5.56 Å². The summed E-state index contributed by atoms with van der Waals surface area (Å²) >= 11 is 0. The fourth-order valence-electron chi connectivity index (χ4n) is 1.62. The highest BCUT2D eigenvalue weighted by Gasteiger charge is 2.26. The molecule has 1 aromatic rings. The molecule has 0 spiro atoms. The topological polar surface area (TPSA) is 98.5 Å². The summed E-state index contributed by atoms with van der Waals surface area (Å²) in [6, 6.07) is 4.59. The molecule has 0 aliphatic carbocycles. The second-order valence-electron chi connectivity index (χ2n) is 4.84. The third-order valence-electron chi connectivity index (χ3n) is 2.61. The number of nitrogens with two attached hydrogens (primary N) is 1. The molecule has 1 aromatic carbocycles. The van der Waals surface area contributed by atoms with Crippen molar-refractivity contribution < 1.29 is 23.5 Å². The molecule has 0 aliphatic heterocycles. The first kappa shape index (κ1) is 17.4. The van der Waals surface area contributed by atoms with Gasteiger partial charge in [0.05, 0.1) is 0 Å². The van der Waals surface area contributed by atoms with Gasteiger partial charge in [0.1, 0.15) is 5.82 Å². The van der Waals surface area contributed by atoms with E-state index in [1.54, 1.807) is 19.9 Å². The summed E-state index contributed by atoms with van der Waals surface area (Å²) in [4.78, 5) is 34.1. The molecule has 0 bridgehead atoms. The maximum Gasteiger partial charge on any atom is 0.331 e. The number of hydrogen-bond donors (Lipinski definition) is 2. The van der Waals surface area contributed by atoms with Crippen molar-refractivity contribution in [3.8, 4) is 0 Å². The number of primary amides is 1. The van der Waals surface area contributed by atoms with Gasteiger partial charge in [-0.15, -0.1) is 0 Å². The van der Waals surface area contributed by atoms with Gasteiger partial charge in [0.2, 0.25) is 0 Å². The zero-order valence-corrected chi connectivity index (χ0v) is 12.2. The van der Waals surface area contributed by atoms with E-state index < -0.39 is 29.8 Å². The van der Waals surface area contributed by atoms with Gasteiger partial charge in [0, 0.05) is 6.08 Å². The number of amides is 3. The molecule has 1 atom stereocenters. The molecule has 0 saturated heterocycles. The number of nitrogens with one attached hydrogen (secondary N) is 1. The highest BCUT2D eigenvalue weighted by Crippen LogP contribution is 2.09. The molecular formula is C15H17FN2O4. The summed E-state index contributed by atoms with van der Waals surface area (Å²) in [6.45, 7) is 3.30. The fourth-order valence-corrected chi connectivity index (χ4v) is 1.62. The van der Waals surface area contributed by atoms with Crippen LogP contribution in [0.3, 0.4) is 0 Å². The van der Waals surface area contributed by atoms with E-state index in [0.717, 1.165) is 6.08 Å². The van der Waals surface area contributed by atoms with Crippen LogP contribution in [-0.4, -0.2) is 24.0 Å². The lowest BCUT2D eigenvalue weighted by Gasteiger charge is -2.18. The van der Waals surface area contributed by atoms with Crippen molar-refractivity contribution in [1.29, 1.82) is 0 Å². The fraction of sp³-hybridized carbons (Fsp3) is 0.267. The van der Waals surface area contributed by atoms with Gasteiger partial charge in [0.15, 0.2) is 6.10 Å². The van der Waals surface area contributed by atoms with Crippen LogP contribution >= 0.6 is 0 Å². The van der Waals surface area contributed by atoms with Gasteiger partial charge < -0.3 is 10.5 Å². The summed E-state index contributed by atoms with van der Waals surface area (Å²) in [5, 5.41) is 1.86. The lowest BCUT2D eigenvalue weighted by atomic mass is 10.1. The number of carbonyl (C=O) groups is 3. The average molecular weight is 308 g/mol. The Kier molecular flexibility index (Phi) is 6.25. The normalized spacial score (nSPS) is 12.2. The minimum atomic E-state index is -1.16. The third kappa shape index (κ3) is 5.74. The van der Waals surface area contributed by atoms with E-state index in [1.807, 2.05) is 5.32 Å². The monoisotopic (exact) mass is 308 g/mol. The molecule has 7 heteroatoms. The van der Waals surface area contributed by atoms with Crippen molar-refractivity contribution >= 4 is 24.0 Å². The van der Waals surface area contributed by atoms with Crippen molar-refractivity contribution in [2.24, 2.45) is 11.7 Å². The Morgan fingerprint density at radius 1 is 1.32 bits per heavy atom. The first-order valence-electron chi connectivity index (χ1n) is 6.54. The number of benzene rings is 1. The molecular weight excluding hydrogens is 291 g/mol. The largest absolute Gasteiger partial charge is 0.449 e. The van der Waals surface area contributed by atoms with Crippen LogP contribution in [0, 0.1) is 11.7 Å². The molecule has 0 radical (unpaired) electrons. The van der Waals surface area contributed by atoms with Gasteiger partial charge in [-0.3, -0.25) is 10.1 Å². The Labute approximate surface area is 127 Å². The van der Waals surface area contributed by atoms with E-state index in [2.05, 4.69) is 0 Å². The van der Waals surface area contributed by atoms with Crippen LogP contribution in [-0.2, 0) is 14.3 Å². The molecule has 0 unspecified atom stereocenters. The molecule has 22 heavy (non-hydrogen) atoms. The molecule has 0 aliphatic rings. The smallest absolute Gasteiger partial charge is 0.331 e. The quantitative estimate of drug-likeness (QED) is 0.637. The maximum absolute atomic E-state index is 13.0. The van der Waals surface area contributed by atoms with Crippen LogP contribution in [0.15, 0.2) is 30.3 Å². The van der Waals surface area contributed by atoms with E-state index in [-0.39, 0.29) is 5.92 Å². The highest BCUT2D eigenvalue weighted by molar-refractivity contribution is 5.97. The van der Waals surface area contributed by atoms with E-state index in [4.69, 9.17) is 10.5 Å². The second-order valence-corrected chi connectivity index (χ2v) is 4.84. The number of ether oxygens (including phenoxy) is 1. The van der Waals surface area contributed by atoms with Crippen LogP contribution in [0.4, 0.5) is 9.18 Å². The number of carbonyl (C=O) groups excluding carboxylic acids is 3. The number of esters is 1. The number of rotatable bonds is 5. The number of imide groups is 1. The molecule has 3 N–H and O–H groups in total. The summed E-state index contributed by atoms with van der Waals surface area (Å²) in [5.74, 6) is -2.38. The SMILES string of the molecule is CC(C)[C@@H](OC(=O)/C=C/c1cccc(F)c1)C(=O)NC(N)=O. The Hall–Kier alpha value is -2.70. The number of halogens is 1. The van der Waals surface area contributed by atoms with E-state index in [1.165, 1.54) is 24.3 Å². The van der Waals surface area contributed by atoms with Crippen LogP contribution in [0.2, 0.25) is 0 Å². The standard InChI is InChI=1S/C15H17FN2O4/c1-9(2)13(14(20)18-15(17)21)22-12(19)7-6-10-4-3-5-11(16)8-10/h3-9,13H,1-2H3,(H3,17,18,20,21)/b7-6+/t13-/m1/s1. The van der Waals surface area contributed by atoms with Crippen molar-refractivity contribution in [3.63, 3.8) is 0 Å². The van der Waals surface area contributed by atoms with Crippen LogP contribution in [0.25, 0.3) is 6.08 Å². The van der Waals surface area contributed by atoms with Gasteiger partial charge in [-0.05, 0) is 29.7 Å². The zero-order chi connectivity index (χ0) is 16.7. The average Bonchev–Trinajstić information content (AvgIpc) is 2.41. The van der Waals surface area contributed by atoms with Crippen LogP contribution < -0.4 is 11.1 Å². The summed E-state index contributed by atoms with van der Waals surface area (Å²) < 4.78 is 18.0. The van der Waals surface area contributed by atoms with E-state index >= 15 is 0 Å². The third-order valence-corrected chi connectivity index (χ3v) is 2.61. The molecule has 3 amide bonds. The van der Waals surface area contributed by atoms with Gasteiger partial charge in [-0.25, -0.2) is 14.0 Å². The first-order chi connectivity index (χ1) is 10.3. The van der Waals surface area contributed by atoms with Crippen molar-refractivity contribution in [1.82, 2.24) is 5.32 Å². The van der Waals surface area contributed by atoms with Crippen molar-refractivity contribution in [3.05, 3.63) is 41.7 Å². The van der Waals surface area contributed by atoms with Crippen LogP contribution in [0.1, 0.15) is 19.4 Å². The maximum atomic E-state index is 13.0. The Morgan fingerprint density at radius 3 is 2.55 bits per heavy atom. The predicted molar refractivity (Wildman–Crippen MR) is 77.9 cm³/mol. The lowest BCUT2D eigenvalue weighted by molar-refractivity contribution is -0.153. The minimum Gasteiger partial charge on any atom is -0.449 e. The highest BCUT2D eigenvalue weighted by atomic mass is 19.1. The second kappa shape index (κ2) is 7.92. The molecule has 0 aromatic heterocycles. The Balaban J connectivity index is 2.71. The summed E-state index contributed by atoms with van der Waals surface area (Å²) in [6.07, 6.45) is 1.27. The van der Waals surface area contributed by atoms with Gasteiger partial charge in [-0.2, -0.15) is 0 Å². The molecule has 0 saturated carbocycles. The van der Waals surface area contributed by atoms with Crippen molar-refractivity contribution in [2.75, 3.05) is 0 Å². The summed E-state index contributed by atoms with van der Waals surface area (Å²) in [5.41, 5.74) is 5.32. The molecule has 1 rings (SSSR count). The Morgan fingerprint density at radius 2 is 2.00 bits per heavy atom. The van der Waals surface area contributed by atoms with Gasteiger partial charge in [-0.1, -0.05) is 26.0 Å². The molecule has 0 heterocycles. The lowest BCUT2D eigenvalue weighted by Crippen LogP contribution is -2.45. The summed E-state index contributed by atoms with van der Waals surface area (Å²) in [7, 11) is 0. The first-order valence-corrected chi connectivity index (χ1v) is 6.54. The minimum absolute atomic E-state index is 0.356. The molecule has 118 valence electrons. The number of urea groups is 1. The van der Waals surface area contributed by atoms with Crippen molar-refractivity contribution in [2.45, 2.75) is 20.0 Å². The molecule has 6 nitrogen and oxygen atoms in total. The van der Waals surface area contributed by atoms with Gasteiger partial charge in [0.25, 0.3) is 5.91 Å². The Bertz CT molecular complexity index is 599. The van der Waals surface area contributed by atoms with E-state index in [9.17, 15) is 18.8 Å². The van der Waals surface area contributed by atoms with Crippen LogP contribution in [0.5, 0.6) is 0 Å². The number of hydrogen-bond acceptors (Lipinski definition) is 4. The van der Waals surface area contributed by atoms with Gasteiger partial charge >= 0.3 is 12.0 Å². The zero-order valence-electron chi connectivity index (χ0n) is 12.2. The molecule has 0 fully saturated rings. The predicted octanol–water partition coefficient (Wildman–Crippen LogP) is 1.60.